The van der Waals surface area contributed by atoms with Crippen LogP contribution in [0.1, 0.15) is 27.0 Å². The van der Waals surface area contributed by atoms with Gasteiger partial charge in [-0.2, -0.15) is 0 Å². The first-order chi connectivity index (χ1) is 13.3. The average molecular weight is 387 g/mol. The van der Waals surface area contributed by atoms with Gasteiger partial charge in [-0.3, -0.25) is 4.79 Å². The topological polar surface area (TPSA) is 20.3 Å². The van der Waals surface area contributed by atoms with Gasteiger partial charge in [0, 0.05) is 5.56 Å². The largest absolute Gasteiger partial charge is 0.303 e. The fourth-order valence-corrected chi connectivity index (χ4v) is 3.16. The minimum atomic E-state index is -1.05. The molecule has 0 radical (unpaired) electrons. The van der Waals surface area contributed by atoms with Gasteiger partial charge in [-0.05, 0) is 49.2 Å². The summed E-state index contributed by atoms with van der Waals surface area (Å²) in [5.41, 5.74) is 0.457. The highest BCUT2D eigenvalue weighted by Crippen LogP contribution is 2.30. The number of rotatable bonds is 4. The van der Waals surface area contributed by atoms with E-state index in [-0.39, 0.29) is 5.56 Å². The summed E-state index contributed by atoms with van der Waals surface area (Å²) in [7, 11) is 0. The molecule has 0 saturated heterocycles. The highest BCUT2D eigenvalue weighted by molar-refractivity contribution is 6.07. The van der Waals surface area contributed by atoms with Gasteiger partial charge in [0.1, 0.15) is 28.8 Å². The van der Waals surface area contributed by atoms with E-state index in [2.05, 4.69) is 0 Å². The molecule has 0 atom stereocenters. The Kier molecular flexibility index (Phi) is 5.49. The number of para-hydroxylation sites is 1. The summed E-state index contributed by atoms with van der Waals surface area (Å²) >= 11 is 0. The first kappa shape index (κ1) is 19.6. The van der Waals surface area contributed by atoms with Crippen molar-refractivity contribution in [1.29, 1.82) is 0 Å². The van der Waals surface area contributed by atoms with Crippen molar-refractivity contribution < 1.29 is 22.4 Å². The van der Waals surface area contributed by atoms with Crippen LogP contribution in [0.25, 0.3) is 0 Å². The van der Waals surface area contributed by atoms with Crippen molar-refractivity contribution in [2.45, 2.75) is 20.4 Å². The molecule has 0 heterocycles. The zero-order valence-electron chi connectivity index (χ0n) is 15.3. The second kappa shape index (κ2) is 7.84. The maximum absolute atomic E-state index is 14.2. The Balaban J connectivity index is 2.19. The van der Waals surface area contributed by atoms with Crippen molar-refractivity contribution in [2.75, 3.05) is 4.90 Å². The normalized spacial score (nSPS) is 10.8. The van der Waals surface area contributed by atoms with Gasteiger partial charge >= 0.3 is 0 Å². The molecule has 28 heavy (non-hydrogen) atoms. The quantitative estimate of drug-likeness (QED) is 0.526. The van der Waals surface area contributed by atoms with Gasteiger partial charge in [-0.25, -0.2) is 17.6 Å². The molecule has 0 aliphatic heterocycles. The van der Waals surface area contributed by atoms with Crippen LogP contribution in [0.15, 0.2) is 54.6 Å². The molecule has 0 fully saturated rings. The van der Waals surface area contributed by atoms with E-state index in [1.54, 1.807) is 32.0 Å². The smallest absolute Gasteiger partial charge is 0.264 e. The van der Waals surface area contributed by atoms with Crippen LogP contribution in [-0.2, 0) is 6.54 Å². The lowest BCUT2D eigenvalue weighted by Gasteiger charge is -2.27. The highest BCUT2D eigenvalue weighted by atomic mass is 19.1. The number of nitrogens with zero attached hydrogens (tertiary/aromatic N) is 1. The van der Waals surface area contributed by atoms with E-state index in [1.165, 1.54) is 6.07 Å². The van der Waals surface area contributed by atoms with Crippen LogP contribution >= 0.6 is 0 Å². The molecular weight excluding hydrogens is 370 g/mol. The van der Waals surface area contributed by atoms with Crippen molar-refractivity contribution in [3.8, 4) is 0 Å². The molecule has 3 rings (SSSR count). The molecule has 3 aromatic rings. The van der Waals surface area contributed by atoms with Crippen molar-refractivity contribution in [3.05, 3.63) is 100 Å². The number of hydrogen-bond donors (Lipinski definition) is 0. The zero-order valence-corrected chi connectivity index (χ0v) is 15.3. The average Bonchev–Trinajstić information content (AvgIpc) is 2.62. The predicted octanol–water partition coefficient (Wildman–Crippen LogP) is 5.71. The van der Waals surface area contributed by atoms with Crippen LogP contribution in [0.5, 0.6) is 0 Å². The fourth-order valence-electron chi connectivity index (χ4n) is 3.16. The number of halogens is 4. The number of hydrogen-bond acceptors (Lipinski definition) is 1. The first-order valence-corrected chi connectivity index (χ1v) is 8.56. The maximum Gasteiger partial charge on any atom is 0.264 e. The number of benzene rings is 3. The van der Waals surface area contributed by atoms with Crippen molar-refractivity contribution in [3.63, 3.8) is 0 Å². The summed E-state index contributed by atoms with van der Waals surface area (Å²) in [6.45, 7) is 2.90. The van der Waals surface area contributed by atoms with Gasteiger partial charge in [0.15, 0.2) is 0 Å². The molecule has 1 amide bonds. The third-order valence-corrected chi connectivity index (χ3v) is 4.51. The van der Waals surface area contributed by atoms with E-state index in [4.69, 9.17) is 0 Å². The van der Waals surface area contributed by atoms with Gasteiger partial charge in [-0.15, -0.1) is 0 Å². The Morgan fingerprint density at radius 1 is 0.750 bits per heavy atom. The molecule has 0 spiro atoms. The Bertz CT molecular complexity index is 988. The number of aryl methyl sites for hydroxylation is 2. The first-order valence-electron chi connectivity index (χ1n) is 8.56. The van der Waals surface area contributed by atoms with E-state index in [0.29, 0.717) is 16.8 Å². The van der Waals surface area contributed by atoms with E-state index in [0.717, 1.165) is 35.2 Å². The Labute approximate surface area is 160 Å². The lowest BCUT2D eigenvalue weighted by Crippen LogP contribution is -2.33. The van der Waals surface area contributed by atoms with Gasteiger partial charge < -0.3 is 4.90 Å². The summed E-state index contributed by atoms with van der Waals surface area (Å²) in [5.74, 6) is -4.81. The molecule has 0 N–H and O–H groups in total. The molecular formula is C22H17F4NO. The van der Waals surface area contributed by atoms with Gasteiger partial charge in [-0.1, -0.05) is 30.3 Å². The molecule has 3 aromatic carbocycles. The number of carbonyl (C=O) groups excluding carboxylic acids is 1. The lowest BCUT2D eigenvalue weighted by molar-refractivity contribution is 0.0976. The van der Waals surface area contributed by atoms with Crippen LogP contribution in [0.3, 0.4) is 0 Å². The van der Waals surface area contributed by atoms with Crippen LogP contribution in [0.4, 0.5) is 23.2 Å². The maximum atomic E-state index is 14.2. The van der Waals surface area contributed by atoms with Crippen LogP contribution in [0.2, 0.25) is 0 Å². The van der Waals surface area contributed by atoms with Gasteiger partial charge in [0.2, 0.25) is 0 Å². The second-order valence-electron chi connectivity index (χ2n) is 6.43. The standard InChI is InChI=1S/C22H17F4NO/c1-13-6-3-7-14(2)21(13)27(12-15-16(23)8-4-9-17(15)24)22(28)20-18(25)10-5-11-19(20)26/h3-11H,12H2,1-2H3. The van der Waals surface area contributed by atoms with Crippen LogP contribution in [0, 0.1) is 37.1 Å². The molecule has 0 unspecified atom stereocenters. The van der Waals surface area contributed by atoms with E-state index >= 15 is 0 Å². The van der Waals surface area contributed by atoms with Crippen molar-refractivity contribution in [1.82, 2.24) is 0 Å². The molecule has 0 aliphatic rings. The van der Waals surface area contributed by atoms with Gasteiger partial charge in [0.05, 0.1) is 12.2 Å². The summed E-state index contributed by atoms with van der Waals surface area (Å²) in [6, 6.07) is 11.6. The molecule has 0 bridgehead atoms. The van der Waals surface area contributed by atoms with Crippen molar-refractivity contribution in [2.24, 2.45) is 0 Å². The molecule has 0 aromatic heterocycles. The number of carbonyl (C=O) groups is 1. The summed E-state index contributed by atoms with van der Waals surface area (Å²) in [5, 5.41) is 0. The zero-order chi connectivity index (χ0) is 20.4. The highest BCUT2D eigenvalue weighted by Gasteiger charge is 2.28. The summed E-state index contributed by atoms with van der Waals surface area (Å²) in [4.78, 5) is 14.1. The molecule has 2 nitrogen and oxygen atoms in total. The summed E-state index contributed by atoms with van der Waals surface area (Å²) in [6.07, 6.45) is 0. The molecule has 6 heteroatoms. The van der Waals surface area contributed by atoms with E-state index in [1.807, 2.05) is 0 Å². The Hall–Kier alpha value is -3.15. The second-order valence-corrected chi connectivity index (χ2v) is 6.43. The molecule has 0 aliphatic carbocycles. The third kappa shape index (κ3) is 3.63. The SMILES string of the molecule is Cc1cccc(C)c1N(Cc1c(F)cccc1F)C(=O)c1c(F)cccc1F. The van der Waals surface area contributed by atoms with E-state index < -0.39 is 41.3 Å². The summed E-state index contributed by atoms with van der Waals surface area (Å²) < 4.78 is 56.9. The Morgan fingerprint density at radius 3 is 1.68 bits per heavy atom. The third-order valence-electron chi connectivity index (χ3n) is 4.51. The minimum absolute atomic E-state index is 0.345. The minimum Gasteiger partial charge on any atom is -0.303 e. The fraction of sp³-hybridized carbons (Fsp3) is 0.136. The molecule has 144 valence electrons. The predicted molar refractivity (Wildman–Crippen MR) is 99.1 cm³/mol. The van der Waals surface area contributed by atoms with Crippen molar-refractivity contribution >= 4 is 11.6 Å². The number of amides is 1. The van der Waals surface area contributed by atoms with Gasteiger partial charge in [0.25, 0.3) is 5.91 Å². The lowest BCUT2D eigenvalue weighted by atomic mass is 10.0. The Morgan fingerprint density at radius 2 is 1.18 bits per heavy atom. The van der Waals surface area contributed by atoms with Crippen LogP contribution in [-0.4, -0.2) is 5.91 Å². The van der Waals surface area contributed by atoms with E-state index in [9.17, 15) is 22.4 Å². The number of anilines is 1. The molecule has 0 saturated carbocycles. The monoisotopic (exact) mass is 387 g/mol. The van der Waals surface area contributed by atoms with Crippen LogP contribution < -0.4 is 4.90 Å².